The van der Waals surface area contributed by atoms with Crippen LogP contribution in [0.15, 0.2) is 51.8 Å². The summed E-state index contributed by atoms with van der Waals surface area (Å²) in [5, 5.41) is 0.930. The lowest BCUT2D eigenvalue weighted by Crippen LogP contribution is -2.23. The lowest BCUT2D eigenvalue weighted by Gasteiger charge is -2.09. The van der Waals surface area contributed by atoms with Crippen molar-refractivity contribution in [1.29, 1.82) is 0 Å². The van der Waals surface area contributed by atoms with Crippen molar-refractivity contribution in [2.24, 2.45) is 0 Å². The average molecular weight is 395 g/mol. The van der Waals surface area contributed by atoms with Crippen molar-refractivity contribution in [3.05, 3.63) is 62.5 Å². The number of hydrogen-bond donors (Lipinski definition) is 1. The maximum absolute atomic E-state index is 12.2. The molecule has 1 N–H and O–H groups in total. The zero-order valence-electron chi connectivity index (χ0n) is 10.1. The highest BCUT2D eigenvalue weighted by Gasteiger charge is 2.17. The van der Waals surface area contributed by atoms with Gasteiger partial charge < -0.3 is 0 Å². The van der Waals surface area contributed by atoms with E-state index in [2.05, 4.69) is 20.7 Å². The molecule has 106 valence electrons. The van der Waals surface area contributed by atoms with E-state index in [1.807, 2.05) is 0 Å². The Hall–Kier alpha value is -0.590. The lowest BCUT2D eigenvalue weighted by atomic mass is 10.2. The summed E-state index contributed by atoms with van der Waals surface area (Å²) in [5.41, 5.74) is 0.659. The molecule has 2 rings (SSSR count). The molecule has 0 aliphatic carbocycles. The van der Waals surface area contributed by atoms with E-state index in [1.165, 1.54) is 6.07 Å². The van der Waals surface area contributed by atoms with E-state index in [4.69, 9.17) is 23.2 Å². The van der Waals surface area contributed by atoms with Crippen molar-refractivity contribution in [3.63, 3.8) is 0 Å². The van der Waals surface area contributed by atoms with Gasteiger partial charge in [0.1, 0.15) is 0 Å². The van der Waals surface area contributed by atoms with Crippen molar-refractivity contribution in [2.45, 2.75) is 11.4 Å². The first-order valence-electron chi connectivity index (χ1n) is 5.58. The number of halogens is 3. The van der Waals surface area contributed by atoms with Crippen molar-refractivity contribution < 1.29 is 8.42 Å². The van der Waals surface area contributed by atoms with Gasteiger partial charge in [-0.25, -0.2) is 13.1 Å². The Bertz CT molecular complexity index is 735. The van der Waals surface area contributed by atoms with Gasteiger partial charge in [0.25, 0.3) is 0 Å². The summed E-state index contributed by atoms with van der Waals surface area (Å²) in [6.07, 6.45) is 0. The molecule has 0 aromatic heterocycles. The van der Waals surface area contributed by atoms with E-state index in [0.29, 0.717) is 20.1 Å². The molecule has 0 unspecified atom stereocenters. The van der Waals surface area contributed by atoms with Gasteiger partial charge in [-0.2, -0.15) is 0 Å². The van der Waals surface area contributed by atoms with Crippen LogP contribution in [0.3, 0.4) is 0 Å². The van der Waals surface area contributed by atoms with Crippen LogP contribution < -0.4 is 4.72 Å². The number of sulfonamides is 1. The fourth-order valence-corrected chi connectivity index (χ4v) is 4.06. The van der Waals surface area contributed by atoms with Gasteiger partial charge in [-0.05, 0) is 45.8 Å². The topological polar surface area (TPSA) is 46.2 Å². The van der Waals surface area contributed by atoms with Crippen molar-refractivity contribution in [3.8, 4) is 0 Å². The van der Waals surface area contributed by atoms with Gasteiger partial charge >= 0.3 is 0 Å². The zero-order chi connectivity index (χ0) is 14.8. The highest BCUT2D eigenvalue weighted by molar-refractivity contribution is 9.10. The average Bonchev–Trinajstić information content (AvgIpc) is 2.38. The Balaban J connectivity index is 2.20. The van der Waals surface area contributed by atoms with Gasteiger partial charge in [0.2, 0.25) is 10.0 Å². The van der Waals surface area contributed by atoms with Crippen LogP contribution in [-0.4, -0.2) is 8.42 Å². The molecule has 0 aliphatic rings. The summed E-state index contributed by atoms with van der Waals surface area (Å²) < 4.78 is 27.4. The van der Waals surface area contributed by atoms with E-state index in [-0.39, 0.29) is 11.4 Å². The molecule has 0 saturated carbocycles. The minimum absolute atomic E-state index is 0.0969. The first-order chi connectivity index (χ1) is 9.40. The monoisotopic (exact) mass is 393 g/mol. The second-order valence-electron chi connectivity index (χ2n) is 3.99. The predicted molar refractivity (Wildman–Crippen MR) is 84.6 cm³/mol. The summed E-state index contributed by atoms with van der Waals surface area (Å²) >= 11 is 15.0. The molecule has 2 aromatic rings. The molecule has 0 spiro atoms. The van der Waals surface area contributed by atoms with E-state index in [9.17, 15) is 8.42 Å². The van der Waals surface area contributed by atoms with E-state index in [0.717, 1.165) is 0 Å². The summed E-state index contributed by atoms with van der Waals surface area (Å²) in [4.78, 5) is 0.185. The standard InChI is InChI=1S/C13H10BrCl2NO2S/c14-11-3-1-2-4-13(11)20(18,19)17-8-9-5-6-10(15)7-12(9)16/h1-7,17H,8H2. The van der Waals surface area contributed by atoms with Crippen LogP contribution in [0.1, 0.15) is 5.56 Å². The summed E-state index contributed by atoms with van der Waals surface area (Å²) in [6.45, 7) is 0.0969. The Morgan fingerprint density at radius 3 is 2.45 bits per heavy atom. The Kier molecular flexibility index (Phi) is 5.09. The maximum atomic E-state index is 12.2. The number of nitrogens with one attached hydrogen (secondary N) is 1. The van der Waals surface area contributed by atoms with Crippen LogP contribution in [0.2, 0.25) is 10.0 Å². The molecule has 7 heteroatoms. The highest BCUT2D eigenvalue weighted by atomic mass is 79.9. The SMILES string of the molecule is O=S(=O)(NCc1ccc(Cl)cc1Cl)c1ccccc1Br. The quantitative estimate of drug-likeness (QED) is 0.843. The first-order valence-corrected chi connectivity index (χ1v) is 8.61. The third-order valence-corrected chi connectivity index (χ3v) is 5.59. The molecule has 0 atom stereocenters. The van der Waals surface area contributed by atoms with Crippen LogP contribution in [-0.2, 0) is 16.6 Å². The summed E-state index contributed by atoms with van der Waals surface area (Å²) in [6, 6.07) is 11.5. The van der Waals surface area contributed by atoms with Gasteiger partial charge in [-0.1, -0.05) is 41.4 Å². The fourth-order valence-electron chi connectivity index (χ4n) is 1.58. The van der Waals surface area contributed by atoms with Crippen molar-refractivity contribution in [2.75, 3.05) is 0 Å². The Morgan fingerprint density at radius 1 is 1.10 bits per heavy atom. The second kappa shape index (κ2) is 6.45. The molecule has 0 heterocycles. The fraction of sp³-hybridized carbons (Fsp3) is 0.0769. The highest BCUT2D eigenvalue weighted by Crippen LogP contribution is 2.23. The molecule has 2 aromatic carbocycles. The van der Waals surface area contributed by atoms with Crippen LogP contribution in [0, 0.1) is 0 Å². The van der Waals surface area contributed by atoms with Crippen LogP contribution in [0.25, 0.3) is 0 Å². The smallest absolute Gasteiger partial charge is 0.207 e. The number of benzene rings is 2. The van der Waals surface area contributed by atoms with E-state index >= 15 is 0 Å². The minimum Gasteiger partial charge on any atom is -0.207 e. The van der Waals surface area contributed by atoms with E-state index in [1.54, 1.807) is 36.4 Å². The van der Waals surface area contributed by atoms with Crippen LogP contribution in [0.5, 0.6) is 0 Å². The van der Waals surface area contributed by atoms with E-state index < -0.39 is 10.0 Å². The molecule has 0 aliphatic heterocycles. The Morgan fingerprint density at radius 2 is 1.80 bits per heavy atom. The molecule has 0 amide bonds. The summed E-state index contributed by atoms with van der Waals surface area (Å²) in [5.74, 6) is 0. The Labute approximate surface area is 136 Å². The summed E-state index contributed by atoms with van der Waals surface area (Å²) in [7, 11) is -3.60. The maximum Gasteiger partial charge on any atom is 0.241 e. The van der Waals surface area contributed by atoms with Gasteiger partial charge in [0, 0.05) is 21.1 Å². The molecule has 0 bridgehead atoms. The molecular formula is C13H10BrCl2NO2S. The normalized spacial score (nSPS) is 11.6. The molecule has 0 fully saturated rings. The third-order valence-electron chi connectivity index (χ3n) is 2.59. The third kappa shape index (κ3) is 3.74. The lowest BCUT2D eigenvalue weighted by molar-refractivity contribution is 0.581. The number of rotatable bonds is 4. The molecule has 0 saturated heterocycles. The van der Waals surface area contributed by atoms with Crippen molar-refractivity contribution >= 4 is 49.2 Å². The van der Waals surface area contributed by atoms with Crippen LogP contribution in [0.4, 0.5) is 0 Å². The van der Waals surface area contributed by atoms with Crippen LogP contribution >= 0.6 is 39.1 Å². The zero-order valence-corrected chi connectivity index (χ0v) is 14.0. The molecule has 3 nitrogen and oxygen atoms in total. The van der Waals surface area contributed by atoms with Gasteiger partial charge in [0.05, 0.1) is 4.90 Å². The van der Waals surface area contributed by atoms with Crippen molar-refractivity contribution in [1.82, 2.24) is 4.72 Å². The first kappa shape index (κ1) is 15.8. The largest absolute Gasteiger partial charge is 0.241 e. The minimum atomic E-state index is -3.60. The van der Waals surface area contributed by atoms with Gasteiger partial charge in [-0.15, -0.1) is 0 Å². The molecule has 20 heavy (non-hydrogen) atoms. The number of hydrogen-bond acceptors (Lipinski definition) is 2. The second-order valence-corrected chi connectivity index (χ2v) is 7.42. The molecule has 0 radical (unpaired) electrons. The molecular weight excluding hydrogens is 385 g/mol. The van der Waals surface area contributed by atoms with Gasteiger partial charge in [0.15, 0.2) is 0 Å². The predicted octanol–water partition coefficient (Wildman–Crippen LogP) is 4.23. The van der Waals surface area contributed by atoms with Gasteiger partial charge in [-0.3, -0.25) is 0 Å².